The monoisotopic (exact) mass is 260 g/mol. The molecule has 1 N–H and O–H groups in total. The van der Waals surface area contributed by atoms with Crippen LogP contribution in [-0.2, 0) is 0 Å². The SMILES string of the molecule is CCN(CC1CCCN1)C(=O)c1ccc(C)cc1C. The Kier molecular flexibility index (Phi) is 4.59. The van der Waals surface area contributed by atoms with Crippen molar-refractivity contribution >= 4 is 5.91 Å². The van der Waals surface area contributed by atoms with Gasteiger partial charge in [0.25, 0.3) is 5.91 Å². The van der Waals surface area contributed by atoms with Gasteiger partial charge in [-0.2, -0.15) is 0 Å². The Bertz CT molecular complexity index is 450. The summed E-state index contributed by atoms with van der Waals surface area (Å²) in [5.74, 6) is 0.161. The van der Waals surface area contributed by atoms with Gasteiger partial charge in [0.05, 0.1) is 0 Å². The molecular weight excluding hydrogens is 236 g/mol. The minimum Gasteiger partial charge on any atom is -0.337 e. The van der Waals surface area contributed by atoms with Gasteiger partial charge in [0.2, 0.25) is 0 Å². The summed E-state index contributed by atoms with van der Waals surface area (Å²) in [6.07, 6.45) is 2.40. The summed E-state index contributed by atoms with van der Waals surface area (Å²) >= 11 is 0. The van der Waals surface area contributed by atoms with Crippen LogP contribution in [0.5, 0.6) is 0 Å². The summed E-state index contributed by atoms with van der Waals surface area (Å²) < 4.78 is 0. The normalized spacial score (nSPS) is 18.6. The van der Waals surface area contributed by atoms with Crippen molar-refractivity contribution in [1.29, 1.82) is 0 Å². The predicted molar refractivity (Wildman–Crippen MR) is 78.5 cm³/mol. The molecule has 3 heteroatoms. The average molecular weight is 260 g/mol. The van der Waals surface area contributed by atoms with Crippen LogP contribution < -0.4 is 5.32 Å². The number of hydrogen-bond acceptors (Lipinski definition) is 2. The van der Waals surface area contributed by atoms with Gasteiger partial charge in [-0.1, -0.05) is 17.7 Å². The number of rotatable bonds is 4. The van der Waals surface area contributed by atoms with Crippen molar-refractivity contribution in [1.82, 2.24) is 10.2 Å². The molecule has 1 aliphatic heterocycles. The Balaban J connectivity index is 2.10. The highest BCUT2D eigenvalue weighted by Gasteiger charge is 2.22. The second-order valence-electron chi connectivity index (χ2n) is 5.46. The smallest absolute Gasteiger partial charge is 0.254 e. The van der Waals surface area contributed by atoms with Crippen molar-refractivity contribution in [2.45, 2.75) is 39.7 Å². The van der Waals surface area contributed by atoms with Gasteiger partial charge in [0.1, 0.15) is 0 Å². The maximum atomic E-state index is 12.6. The van der Waals surface area contributed by atoms with Crippen molar-refractivity contribution in [3.63, 3.8) is 0 Å². The molecule has 1 aromatic carbocycles. The van der Waals surface area contributed by atoms with Crippen LogP contribution in [0.4, 0.5) is 0 Å². The van der Waals surface area contributed by atoms with Crippen molar-refractivity contribution in [2.75, 3.05) is 19.6 Å². The highest BCUT2D eigenvalue weighted by atomic mass is 16.2. The first kappa shape index (κ1) is 14.1. The third kappa shape index (κ3) is 3.35. The number of aryl methyl sites for hydroxylation is 2. The maximum Gasteiger partial charge on any atom is 0.254 e. The first-order valence-electron chi connectivity index (χ1n) is 7.21. The molecule has 0 aliphatic carbocycles. The van der Waals surface area contributed by atoms with Gasteiger partial charge >= 0.3 is 0 Å². The number of amides is 1. The Labute approximate surface area is 116 Å². The molecule has 0 radical (unpaired) electrons. The summed E-state index contributed by atoms with van der Waals surface area (Å²) in [6.45, 7) is 8.80. The van der Waals surface area contributed by atoms with E-state index in [0.29, 0.717) is 6.04 Å². The molecule has 1 heterocycles. The molecule has 2 rings (SSSR count). The maximum absolute atomic E-state index is 12.6. The van der Waals surface area contributed by atoms with E-state index in [1.54, 1.807) is 0 Å². The van der Waals surface area contributed by atoms with E-state index in [1.165, 1.54) is 18.4 Å². The third-order valence-electron chi connectivity index (χ3n) is 3.88. The van der Waals surface area contributed by atoms with E-state index in [0.717, 1.165) is 30.8 Å². The molecule has 1 saturated heterocycles. The molecule has 3 nitrogen and oxygen atoms in total. The topological polar surface area (TPSA) is 32.3 Å². The van der Waals surface area contributed by atoms with E-state index in [9.17, 15) is 4.79 Å². The first-order chi connectivity index (χ1) is 9.11. The lowest BCUT2D eigenvalue weighted by atomic mass is 10.0. The quantitative estimate of drug-likeness (QED) is 0.902. The molecule has 1 amide bonds. The fraction of sp³-hybridized carbons (Fsp3) is 0.562. The highest BCUT2D eigenvalue weighted by Crippen LogP contribution is 2.15. The third-order valence-corrected chi connectivity index (χ3v) is 3.88. The molecule has 0 bridgehead atoms. The summed E-state index contributed by atoms with van der Waals surface area (Å²) in [4.78, 5) is 14.6. The summed E-state index contributed by atoms with van der Waals surface area (Å²) in [6, 6.07) is 6.52. The largest absolute Gasteiger partial charge is 0.337 e. The number of carbonyl (C=O) groups excluding carboxylic acids is 1. The lowest BCUT2D eigenvalue weighted by Crippen LogP contribution is -2.41. The number of likely N-dealkylation sites (N-methyl/N-ethyl adjacent to an activating group) is 1. The molecule has 1 atom stereocenters. The van der Waals surface area contributed by atoms with Gasteiger partial charge in [0, 0.05) is 24.7 Å². The van der Waals surface area contributed by atoms with Gasteiger partial charge in [-0.05, 0) is 51.8 Å². The molecule has 104 valence electrons. The zero-order valence-electron chi connectivity index (χ0n) is 12.2. The van der Waals surface area contributed by atoms with Crippen molar-refractivity contribution in [3.8, 4) is 0 Å². The minimum absolute atomic E-state index is 0.161. The van der Waals surface area contributed by atoms with Crippen molar-refractivity contribution in [2.24, 2.45) is 0 Å². The summed E-state index contributed by atoms with van der Waals surface area (Å²) in [5, 5.41) is 3.46. The second kappa shape index (κ2) is 6.20. The summed E-state index contributed by atoms with van der Waals surface area (Å²) in [5.41, 5.74) is 3.11. The number of benzene rings is 1. The fourth-order valence-corrected chi connectivity index (χ4v) is 2.76. The van der Waals surface area contributed by atoms with Crippen LogP contribution in [0.2, 0.25) is 0 Å². The van der Waals surface area contributed by atoms with E-state index < -0.39 is 0 Å². The predicted octanol–water partition coefficient (Wildman–Crippen LogP) is 2.52. The Hall–Kier alpha value is -1.35. The molecule has 1 fully saturated rings. The molecule has 1 aliphatic rings. The van der Waals surface area contributed by atoms with Crippen LogP contribution >= 0.6 is 0 Å². The second-order valence-corrected chi connectivity index (χ2v) is 5.46. The molecule has 0 aromatic heterocycles. The zero-order valence-corrected chi connectivity index (χ0v) is 12.2. The number of hydrogen-bond donors (Lipinski definition) is 1. The lowest BCUT2D eigenvalue weighted by molar-refractivity contribution is 0.0750. The number of nitrogens with zero attached hydrogens (tertiary/aromatic N) is 1. The fourth-order valence-electron chi connectivity index (χ4n) is 2.76. The number of carbonyl (C=O) groups is 1. The van der Waals surface area contributed by atoms with E-state index >= 15 is 0 Å². The van der Waals surface area contributed by atoms with Crippen molar-refractivity contribution in [3.05, 3.63) is 34.9 Å². The molecule has 1 aromatic rings. The van der Waals surface area contributed by atoms with Crippen LogP contribution in [-0.4, -0.2) is 36.5 Å². The van der Waals surface area contributed by atoms with Crippen molar-refractivity contribution < 1.29 is 4.79 Å². The van der Waals surface area contributed by atoms with Crippen LogP contribution in [0, 0.1) is 13.8 Å². The van der Waals surface area contributed by atoms with E-state index in [2.05, 4.69) is 25.2 Å². The number of nitrogens with one attached hydrogen (secondary N) is 1. The van der Waals surface area contributed by atoms with Crippen LogP contribution in [0.15, 0.2) is 18.2 Å². The minimum atomic E-state index is 0.161. The molecule has 0 spiro atoms. The van der Waals surface area contributed by atoms with Gasteiger partial charge in [-0.15, -0.1) is 0 Å². The first-order valence-corrected chi connectivity index (χ1v) is 7.21. The molecule has 19 heavy (non-hydrogen) atoms. The van der Waals surface area contributed by atoms with Crippen LogP contribution in [0.25, 0.3) is 0 Å². The Morgan fingerprint density at radius 2 is 2.21 bits per heavy atom. The summed E-state index contributed by atoms with van der Waals surface area (Å²) in [7, 11) is 0. The zero-order chi connectivity index (χ0) is 13.8. The lowest BCUT2D eigenvalue weighted by Gasteiger charge is -2.25. The van der Waals surface area contributed by atoms with Gasteiger partial charge in [0.15, 0.2) is 0 Å². The van der Waals surface area contributed by atoms with E-state index in [4.69, 9.17) is 0 Å². The van der Waals surface area contributed by atoms with E-state index in [-0.39, 0.29) is 5.91 Å². The van der Waals surface area contributed by atoms with Crippen LogP contribution in [0.3, 0.4) is 0 Å². The molecule has 0 saturated carbocycles. The molecule has 1 unspecified atom stereocenters. The van der Waals surface area contributed by atoms with E-state index in [1.807, 2.05) is 24.0 Å². The average Bonchev–Trinajstić information content (AvgIpc) is 2.88. The highest BCUT2D eigenvalue weighted by molar-refractivity contribution is 5.95. The Morgan fingerprint density at radius 3 is 2.79 bits per heavy atom. The molecular formula is C16H24N2O. The Morgan fingerprint density at radius 1 is 1.42 bits per heavy atom. The van der Waals surface area contributed by atoms with Gasteiger partial charge in [-0.3, -0.25) is 4.79 Å². The standard InChI is InChI=1S/C16H24N2O/c1-4-18(11-14-6-5-9-17-14)16(19)15-8-7-12(2)10-13(15)3/h7-8,10,14,17H,4-6,9,11H2,1-3H3. The van der Waals surface area contributed by atoms with Gasteiger partial charge < -0.3 is 10.2 Å². The van der Waals surface area contributed by atoms with Gasteiger partial charge in [-0.25, -0.2) is 0 Å². The van der Waals surface area contributed by atoms with Crippen LogP contribution in [0.1, 0.15) is 41.3 Å².